The van der Waals surface area contributed by atoms with Crippen molar-refractivity contribution in [3.8, 4) is 17.2 Å². The molecule has 0 bridgehead atoms. The summed E-state index contributed by atoms with van der Waals surface area (Å²) in [7, 11) is 0. The number of phenols is 1. The highest BCUT2D eigenvalue weighted by atomic mass is 19.1. The fourth-order valence-electron chi connectivity index (χ4n) is 1.93. The molecule has 0 aliphatic heterocycles. The van der Waals surface area contributed by atoms with Gasteiger partial charge in [-0.1, -0.05) is 23.4 Å². The number of aromatic nitrogens is 2. The lowest BCUT2D eigenvalue weighted by Crippen LogP contribution is -1.94. The van der Waals surface area contributed by atoms with E-state index in [-0.39, 0.29) is 29.6 Å². The van der Waals surface area contributed by atoms with Crippen LogP contribution in [0.3, 0.4) is 0 Å². The Kier molecular flexibility index (Phi) is 3.27. The Balaban J connectivity index is 1.86. The van der Waals surface area contributed by atoms with Gasteiger partial charge >= 0.3 is 0 Å². The van der Waals surface area contributed by atoms with Gasteiger partial charge in [0, 0.05) is 12.0 Å². The summed E-state index contributed by atoms with van der Waals surface area (Å²) in [6.45, 7) is 0. The quantitative estimate of drug-likeness (QED) is 0.571. The van der Waals surface area contributed by atoms with Crippen molar-refractivity contribution in [2.45, 2.75) is 6.42 Å². The molecule has 0 aliphatic rings. The molecule has 0 fully saturated rings. The van der Waals surface area contributed by atoms with E-state index in [9.17, 15) is 9.50 Å². The summed E-state index contributed by atoms with van der Waals surface area (Å²) in [5.41, 5.74) is 6.84. The molecule has 106 valence electrons. The molecule has 5 nitrogen and oxygen atoms in total. The molecule has 1 aromatic heterocycles. The number of benzene rings is 2. The topological polar surface area (TPSA) is 85.2 Å². The average molecular weight is 285 g/mol. The third-order valence-corrected chi connectivity index (χ3v) is 3.05. The van der Waals surface area contributed by atoms with Crippen molar-refractivity contribution < 1.29 is 14.0 Å². The van der Waals surface area contributed by atoms with Gasteiger partial charge in [-0.3, -0.25) is 0 Å². The van der Waals surface area contributed by atoms with Crippen LogP contribution in [0.5, 0.6) is 5.75 Å². The number of nitrogen functional groups attached to an aromatic ring is 1. The van der Waals surface area contributed by atoms with Crippen LogP contribution in [0.4, 0.5) is 10.1 Å². The number of aromatic hydroxyl groups is 1. The average Bonchev–Trinajstić information content (AvgIpc) is 2.93. The number of rotatable bonds is 3. The van der Waals surface area contributed by atoms with E-state index in [1.165, 1.54) is 12.1 Å². The maximum absolute atomic E-state index is 13.6. The molecule has 0 atom stereocenters. The Morgan fingerprint density at radius 2 is 2.00 bits per heavy atom. The maximum Gasteiger partial charge on any atom is 0.258 e. The minimum atomic E-state index is -0.311. The predicted molar refractivity (Wildman–Crippen MR) is 75.0 cm³/mol. The summed E-state index contributed by atoms with van der Waals surface area (Å²) < 4.78 is 18.7. The molecule has 0 amide bonds. The van der Waals surface area contributed by atoms with Crippen LogP contribution in [0.1, 0.15) is 11.4 Å². The zero-order valence-electron chi connectivity index (χ0n) is 11.0. The van der Waals surface area contributed by atoms with Crippen molar-refractivity contribution in [1.82, 2.24) is 10.1 Å². The molecule has 0 unspecified atom stereocenters. The first-order valence-corrected chi connectivity index (χ1v) is 6.28. The monoisotopic (exact) mass is 285 g/mol. The van der Waals surface area contributed by atoms with Crippen LogP contribution in [0.2, 0.25) is 0 Å². The largest absolute Gasteiger partial charge is 0.506 e. The number of halogens is 1. The van der Waals surface area contributed by atoms with E-state index >= 15 is 0 Å². The first-order chi connectivity index (χ1) is 10.1. The minimum absolute atomic E-state index is 0.0543. The van der Waals surface area contributed by atoms with Crippen molar-refractivity contribution in [2.24, 2.45) is 0 Å². The molecule has 0 spiro atoms. The summed E-state index contributed by atoms with van der Waals surface area (Å²) in [6.07, 6.45) is 0.233. The van der Waals surface area contributed by atoms with Crippen molar-refractivity contribution in [1.29, 1.82) is 0 Å². The number of hydrogen-bond acceptors (Lipinski definition) is 5. The van der Waals surface area contributed by atoms with Gasteiger partial charge in [-0.2, -0.15) is 4.98 Å². The lowest BCUT2D eigenvalue weighted by molar-refractivity contribution is 0.423. The van der Waals surface area contributed by atoms with E-state index in [0.29, 0.717) is 17.0 Å². The first-order valence-electron chi connectivity index (χ1n) is 6.28. The van der Waals surface area contributed by atoms with Crippen LogP contribution >= 0.6 is 0 Å². The van der Waals surface area contributed by atoms with Crippen molar-refractivity contribution in [3.63, 3.8) is 0 Å². The van der Waals surface area contributed by atoms with E-state index < -0.39 is 0 Å². The molecule has 3 aromatic rings. The highest BCUT2D eigenvalue weighted by molar-refractivity contribution is 5.63. The number of phenolic OH excluding ortho intramolecular Hbond substituents is 1. The summed E-state index contributed by atoms with van der Waals surface area (Å²) in [6, 6.07) is 11.1. The van der Waals surface area contributed by atoms with Crippen LogP contribution in [-0.4, -0.2) is 15.2 Å². The summed E-state index contributed by atoms with van der Waals surface area (Å²) in [4.78, 5) is 4.19. The summed E-state index contributed by atoms with van der Waals surface area (Å²) in [5, 5.41) is 13.4. The van der Waals surface area contributed by atoms with E-state index in [2.05, 4.69) is 10.1 Å². The van der Waals surface area contributed by atoms with E-state index in [0.717, 1.165) is 0 Å². The molecule has 0 saturated heterocycles. The lowest BCUT2D eigenvalue weighted by atomic mass is 10.1. The normalized spacial score (nSPS) is 10.7. The molecule has 6 heteroatoms. The first kappa shape index (κ1) is 13.1. The highest BCUT2D eigenvalue weighted by Gasteiger charge is 2.12. The molecule has 1 heterocycles. The van der Waals surface area contributed by atoms with Gasteiger partial charge in [-0.25, -0.2) is 4.39 Å². The Morgan fingerprint density at radius 1 is 1.19 bits per heavy atom. The van der Waals surface area contributed by atoms with Gasteiger partial charge in [0.1, 0.15) is 11.6 Å². The molecule has 0 saturated carbocycles. The minimum Gasteiger partial charge on any atom is -0.506 e. The second kappa shape index (κ2) is 5.24. The third kappa shape index (κ3) is 2.69. The summed E-state index contributed by atoms with van der Waals surface area (Å²) >= 11 is 0. The third-order valence-electron chi connectivity index (χ3n) is 3.05. The van der Waals surface area contributed by atoms with Crippen LogP contribution in [0.25, 0.3) is 11.5 Å². The Hall–Kier alpha value is -2.89. The molecule has 2 aromatic carbocycles. The maximum atomic E-state index is 13.6. The number of anilines is 1. The summed E-state index contributed by atoms with van der Waals surface area (Å²) in [5.74, 6) is 0.249. The number of nitrogens with zero attached hydrogens (tertiary/aromatic N) is 2. The van der Waals surface area contributed by atoms with Gasteiger partial charge < -0.3 is 15.4 Å². The van der Waals surface area contributed by atoms with Gasteiger partial charge in [0.2, 0.25) is 0 Å². The molecule has 0 radical (unpaired) electrons. The number of nitrogens with two attached hydrogens (primary N) is 1. The molecule has 3 rings (SSSR count). The zero-order valence-corrected chi connectivity index (χ0v) is 11.0. The van der Waals surface area contributed by atoms with Crippen LogP contribution < -0.4 is 5.73 Å². The molecule has 0 aliphatic carbocycles. The van der Waals surface area contributed by atoms with Gasteiger partial charge in [0.25, 0.3) is 5.89 Å². The van der Waals surface area contributed by atoms with Crippen molar-refractivity contribution in [2.75, 3.05) is 5.73 Å². The molecular weight excluding hydrogens is 273 g/mol. The fourth-order valence-corrected chi connectivity index (χ4v) is 1.93. The van der Waals surface area contributed by atoms with E-state index in [4.69, 9.17) is 10.3 Å². The second-order valence-electron chi connectivity index (χ2n) is 4.56. The molecule has 21 heavy (non-hydrogen) atoms. The Labute approximate surface area is 119 Å². The van der Waals surface area contributed by atoms with Gasteiger partial charge in [-0.15, -0.1) is 0 Å². The smallest absolute Gasteiger partial charge is 0.258 e. The van der Waals surface area contributed by atoms with Crippen LogP contribution in [0, 0.1) is 5.82 Å². The standard InChI is InChI=1S/C15H12FN3O2/c16-11-4-2-1-3-9(11)8-14-18-15(21-19-14)10-5-6-12(17)13(20)7-10/h1-7,20H,8,17H2. The van der Waals surface area contributed by atoms with Crippen LogP contribution in [-0.2, 0) is 6.42 Å². The SMILES string of the molecule is Nc1ccc(-c2nc(Cc3ccccc3F)no2)cc1O. The number of hydrogen-bond donors (Lipinski definition) is 2. The Morgan fingerprint density at radius 3 is 2.76 bits per heavy atom. The van der Waals surface area contributed by atoms with Gasteiger partial charge in [0.05, 0.1) is 5.69 Å². The molecule has 3 N–H and O–H groups in total. The van der Waals surface area contributed by atoms with Gasteiger partial charge in [0.15, 0.2) is 5.82 Å². The lowest BCUT2D eigenvalue weighted by Gasteiger charge is -1.99. The van der Waals surface area contributed by atoms with E-state index in [1.54, 1.807) is 30.3 Å². The molecular formula is C15H12FN3O2. The van der Waals surface area contributed by atoms with Crippen molar-refractivity contribution in [3.05, 3.63) is 59.7 Å². The van der Waals surface area contributed by atoms with Crippen LogP contribution in [0.15, 0.2) is 47.0 Å². The fraction of sp³-hybridized carbons (Fsp3) is 0.0667. The Bertz CT molecular complexity index is 786. The second-order valence-corrected chi connectivity index (χ2v) is 4.56. The predicted octanol–water partition coefficient (Wildman–Crippen LogP) is 2.75. The van der Waals surface area contributed by atoms with E-state index in [1.807, 2.05) is 0 Å². The highest BCUT2D eigenvalue weighted by Crippen LogP contribution is 2.27. The zero-order chi connectivity index (χ0) is 14.8. The van der Waals surface area contributed by atoms with Gasteiger partial charge in [-0.05, 0) is 29.8 Å². The van der Waals surface area contributed by atoms with Crippen molar-refractivity contribution >= 4 is 5.69 Å².